The normalized spacial score (nSPS) is 28.2. The zero-order chi connectivity index (χ0) is 9.84. The van der Waals surface area contributed by atoms with Crippen molar-refractivity contribution in [3.05, 3.63) is 0 Å². The SMILES string of the molecule is CCOC(CC1CC1C)C(=O)NC. The molecule has 3 unspecified atom stereocenters. The van der Waals surface area contributed by atoms with Crippen LogP contribution in [0.15, 0.2) is 0 Å². The van der Waals surface area contributed by atoms with Gasteiger partial charge in [-0.3, -0.25) is 4.79 Å². The van der Waals surface area contributed by atoms with Gasteiger partial charge < -0.3 is 10.1 Å². The Morgan fingerprint density at radius 1 is 1.69 bits per heavy atom. The Kier molecular flexibility index (Phi) is 3.72. The van der Waals surface area contributed by atoms with Crippen molar-refractivity contribution in [1.29, 1.82) is 0 Å². The van der Waals surface area contributed by atoms with Gasteiger partial charge in [0, 0.05) is 13.7 Å². The second kappa shape index (κ2) is 4.61. The summed E-state index contributed by atoms with van der Waals surface area (Å²) in [7, 11) is 1.66. The summed E-state index contributed by atoms with van der Waals surface area (Å²) in [5.74, 6) is 1.50. The van der Waals surface area contributed by atoms with E-state index in [1.807, 2.05) is 6.92 Å². The monoisotopic (exact) mass is 185 g/mol. The van der Waals surface area contributed by atoms with E-state index < -0.39 is 0 Å². The van der Waals surface area contributed by atoms with Crippen molar-refractivity contribution in [2.45, 2.75) is 32.8 Å². The lowest BCUT2D eigenvalue weighted by Gasteiger charge is -2.14. The summed E-state index contributed by atoms with van der Waals surface area (Å²) >= 11 is 0. The lowest BCUT2D eigenvalue weighted by atomic mass is 10.1. The van der Waals surface area contributed by atoms with E-state index in [0.29, 0.717) is 12.5 Å². The molecule has 1 aliphatic rings. The van der Waals surface area contributed by atoms with Crippen molar-refractivity contribution in [3.8, 4) is 0 Å². The first-order chi connectivity index (χ1) is 6.19. The molecule has 1 saturated carbocycles. The van der Waals surface area contributed by atoms with Crippen molar-refractivity contribution in [2.24, 2.45) is 11.8 Å². The van der Waals surface area contributed by atoms with Crippen LogP contribution in [-0.2, 0) is 9.53 Å². The average molecular weight is 185 g/mol. The minimum atomic E-state index is -0.232. The summed E-state index contributed by atoms with van der Waals surface area (Å²) in [5.41, 5.74) is 0. The Morgan fingerprint density at radius 2 is 2.31 bits per heavy atom. The number of nitrogens with one attached hydrogen (secondary N) is 1. The van der Waals surface area contributed by atoms with Crippen molar-refractivity contribution in [1.82, 2.24) is 5.32 Å². The summed E-state index contributed by atoms with van der Waals surface area (Å²) in [6.45, 7) is 4.75. The van der Waals surface area contributed by atoms with Gasteiger partial charge in [-0.15, -0.1) is 0 Å². The van der Waals surface area contributed by atoms with Gasteiger partial charge in [-0.25, -0.2) is 0 Å². The van der Waals surface area contributed by atoms with E-state index in [0.717, 1.165) is 12.3 Å². The first-order valence-corrected chi connectivity index (χ1v) is 5.02. The second-order valence-corrected chi connectivity index (χ2v) is 3.77. The second-order valence-electron chi connectivity index (χ2n) is 3.77. The van der Waals surface area contributed by atoms with Gasteiger partial charge in [-0.05, 0) is 31.6 Å². The highest BCUT2D eigenvalue weighted by Gasteiger charge is 2.36. The zero-order valence-corrected chi connectivity index (χ0v) is 8.67. The summed E-state index contributed by atoms with van der Waals surface area (Å²) in [6.07, 6.45) is 1.90. The maximum Gasteiger partial charge on any atom is 0.248 e. The van der Waals surface area contributed by atoms with Crippen molar-refractivity contribution in [2.75, 3.05) is 13.7 Å². The summed E-state index contributed by atoms with van der Waals surface area (Å²) < 4.78 is 5.38. The molecule has 0 aliphatic heterocycles. The van der Waals surface area contributed by atoms with Gasteiger partial charge >= 0.3 is 0 Å². The van der Waals surface area contributed by atoms with E-state index in [4.69, 9.17) is 4.74 Å². The third-order valence-electron chi connectivity index (χ3n) is 2.70. The fraction of sp³-hybridized carbons (Fsp3) is 0.900. The fourth-order valence-corrected chi connectivity index (χ4v) is 1.62. The van der Waals surface area contributed by atoms with Gasteiger partial charge in [0.2, 0.25) is 5.91 Å². The van der Waals surface area contributed by atoms with E-state index in [-0.39, 0.29) is 12.0 Å². The molecule has 0 saturated heterocycles. The maximum atomic E-state index is 11.3. The molecule has 0 aromatic rings. The molecular weight excluding hydrogens is 166 g/mol. The number of carbonyl (C=O) groups is 1. The van der Waals surface area contributed by atoms with Gasteiger partial charge in [0.25, 0.3) is 0 Å². The third-order valence-corrected chi connectivity index (χ3v) is 2.70. The number of ether oxygens (including phenoxy) is 1. The Labute approximate surface area is 79.8 Å². The van der Waals surface area contributed by atoms with Crippen LogP contribution < -0.4 is 5.32 Å². The predicted octanol–water partition coefficient (Wildman–Crippen LogP) is 1.18. The zero-order valence-electron chi connectivity index (χ0n) is 8.67. The van der Waals surface area contributed by atoms with Gasteiger partial charge in [0.05, 0.1) is 0 Å². The molecule has 0 aromatic carbocycles. The van der Waals surface area contributed by atoms with Crippen LogP contribution in [-0.4, -0.2) is 25.7 Å². The van der Waals surface area contributed by atoms with Gasteiger partial charge in [-0.1, -0.05) is 6.92 Å². The minimum Gasteiger partial charge on any atom is -0.369 e. The van der Waals surface area contributed by atoms with Crippen LogP contribution in [0.1, 0.15) is 26.7 Å². The van der Waals surface area contributed by atoms with Gasteiger partial charge in [0.15, 0.2) is 0 Å². The molecule has 0 aromatic heterocycles. The largest absolute Gasteiger partial charge is 0.369 e. The molecule has 76 valence electrons. The van der Waals surface area contributed by atoms with Crippen LogP contribution in [0, 0.1) is 11.8 Å². The molecule has 1 N–H and O–H groups in total. The van der Waals surface area contributed by atoms with E-state index >= 15 is 0 Å². The molecule has 1 amide bonds. The van der Waals surface area contributed by atoms with Crippen molar-refractivity contribution < 1.29 is 9.53 Å². The van der Waals surface area contributed by atoms with E-state index in [2.05, 4.69) is 12.2 Å². The van der Waals surface area contributed by atoms with Gasteiger partial charge in [0.1, 0.15) is 6.10 Å². The molecular formula is C10H19NO2. The van der Waals surface area contributed by atoms with Crippen molar-refractivity contribution >= 4 is 5.91 Å². The Balaban J connectivity index is 2.33. The fourth-order valence-electron chi connectivity index (χ4n) is 1.62. The number of likely N-dealkylation sites (N-methyl/N-ethyl adjacent to an activating group) is 1. The molecule has 0 heterocycles. The number of hydrogen-bond acceptors (Lipinski definition) is 2. The van der Waals surface area contributed by atoms with Crippen LogP contribution in [0.25, 0.3) is 0 Å². The number of rotatable bonds is 5. The molecule has 1 fully saturated rings. The molecule has 0 bridgehead atoms. The molecule has 3 atom stereocenters. The topological polar surface area (TPSA) is 38.3 Å². The Bertz CT molecular complexity index is 182. The summed E-state index contributed by atoms with van der Waals surface area (Å²) in [6, 6.07) is 0. The third kappa shape index (κ3) is 2.99. The van der Waals surface area contributed by atoms with Crippen LogP contribution in [0.3, 0.4) is 0 Å². The standard InChI is InChI=1S/C10H19NO2/c1-4-13-9(10(12)11-3)6-8-5-7(8)2/h7-9H,4-6H2,1-3H3,(H,11,12). The molecule has 0 radical (unpaired) electrons. The first kappa shape index (κ1) is 10.5. The van der Waals surface area contributed by atoms with E-state index in [1.54, 1.807) is 7.05 Å². The summed E-state index contributed by atoms with van der Waals surface area (Å²) in [5, 5.41) is 2.63. The first-order valence-electron chi connectivity index (χ1n) is 5.02. The Morgan fingerprint density at radius 3 is 2.69 bits per heavy atom. The molecule has 1 aliphatic carbocycles. The van der Waals surface area contributed by atoms with E-state index in [1.165, 1.54) is 6.42 Å². The highest BCUT2D eigenvalue weighted by atomic mass is 16.5. The minimum absolute atomic E-state index is 0.0148. The van der Waals surface area contributed by atoms with E-state index in [9.17, 15) is 4.79 Å². The highest BCUT2D eigenvalue weighted by Crippen LogP contribution is 2.41. The van der Waals surface area contributed by atoms with Crippen LogP contribution in [0.2, 0.25) is 0 Å². The molecule has 3 heteroatoms. The quantitative estimate of drug-likeness (QED) is 0.698. The molecule has 3 nitrogen and oxygen atoms in total. The van der Waals surface area contributed by atoms with Crippen LogP contribution in [0.5, 0.6) is 0 Å². The number of hydrogen-bond donors (Lipinski definition) is 1. The maximum absolute atomic E-state index is 11.3. The smallest absolute Gasteiger partial charge is 0.248 e. The van der Waals surface area contributed by atoms with Crippen LogP contribution in [0.4, 0.5) is 0 Å². The lowest BCUT2D eigenvalue weighted by Crippen LogP contribution is -2.34. The average Bonchev–Trinajstić information content (AvgIpc) is 2.80. The number of carbonyl (C=O) groups excluding carboxylic acids is 1. The molecule has 13 heavy (non-hydrogen) atoms. The van der Waals surface area contributed by atoms with Gasteiger partial charge in [-0.2, -0.15) is 0 Å². The molecule has 0 spiro atoms. The highest BCUT2D eigenvalue weighted by molar-refractivity contribution is 5.80. The number of amides is 1. The Hall–Kier alpha value is -0.570. The predicted molar refractivity (Wildman–Crippen MR) is 51.4 cm³/mol. The van der Waals surface area contributed by atoms with Crippen LogP contribution >= 0.6 is 0 Å². The van der Waals surface area contributed by atoms with Crippen molar-refractivity contribution in [3.63, 3.8) is 0 Å². The lowest BCUT2D eigenvalue weighted by molar-refractivity contribution is -0.132. The molecule has 1 rings (SSSR count). The summed E-state index contributed by atoms with van der Waals surface area (Å²) in [4.78, 5) is 11.3.